The van der Waals surface area contributed by atoms with Crippen molar-refractivity contribution in [2.75, 3.05) is 5.32 Å². The van der Waals surface area contributed by atoms with E-state index < -0.39 is 5.82 Å². The van der Waals surface area contributed by atoms with Gasteiger partial charge in [-0.3, -0.25) is 4.79 Å². The van der Waals surface area contributed by atoms with Gasteiger partial charge in [-0.1, -0.05) is 46.6 Å². The highest BCUT2D eigenvalue weighted by molar-refractivity contribution is 6.33. The molecule has 2 heterocycles. The predicted octanol–water partition coefficient (Wildman–Crippen LogP) is 4.94. The van der Waals surface area contributed by atoms with E-state index in [1.807, 2.05) is 31.2 Å². The lowest BCUT2D eigenvalue weighted by Gasteiger charge is -2.09. The molecule has 8 heteroatoms. The van der Waals surface area contributed by atoms with Gasteiger partial charge in [-0.15, -0.1) is 0 Å². The molecule has 0 aliphatic carbocycles. The van der Waals surface area contributed by atoms with E-state index in [-0.39, 0.29) is 17.5 Å². The fraction of sp³-hybridized carbons (Fsp3) is 0.0952. The molecule has 6 nitrogen and oxygen atoms in total. The molecule has 0 spiro atoms. The maximum atomic E-state index is 13.2. The zero-order valence-corrected chi connectivity index (χ0v) is 16.2. The smallest absolute Gasteiger partial charge is 0.274 e. The second kappa shape index (κ2) is 7.89. The Kier molecular flexibility index (Phi) is 5.14. The molecule has 0 aliphatic rings. The minimum Gasteiger partial charge on any atom is -0.334 e. The molecule has 4 rings (SSSR count). The summed E-state index contributed by atoms with van der Waals surface area (Å²) in [5.41, 5.74) is 2.92. The first-order chi connectivity index (χ1) is 14.0. The van der Waals surface area contributed by atoms with Gasteiger partial charge in [-0.05, 0) is 37.3 Å². The van der Waals surface area contributed by atoms with Crippen LogP contribution >= 0.6 is 11.6 Å². The van der Waals surface area contributed by atoms with Crippen molar-refractivity contribution in [3.63, 3.8) is 0 Å². The van der Waals surface area contributed by atoms with Crippen molar-refractivity contribution < 1.29 is 13.7 Å². The van der Waals surface area contributed by atoms with Crippen molar-refractivity contribution in [1.29, 1.82) is 0 Å². The Balaban J connectivity index is 1.51. The third-order valence-corrected chi connectivity index (χ3v) is 4.62. The van der Waals surface area contributed by atoms with E-state index in [4.69, 9.17) is 16.1 Å². The highest BCUT2D eigenvalue weighted by Gasteiger charge is 2.16. The van der Waals surface area contributed by atoms with E-state index >= 15 is 0 Å². The Labute approximate surface area is 170 Å². The molecule has 2 aromatic carbocycles. The molecule has 146 valence electrons. The van der Waals surface area contributed by atoms with Crippen LogP contribution < -0.4 is 5.32 Å². The highest BCUT2D eigenvalue weighted by atomic mass is 35.5. The Morgan fingerprint density at radius 3 is 2.76 bits per heavy atom. The van der Waals surface area contributed by atoms with Crippen LogP contribution in [0.5, 0.6) is 0 Å². The van der Waals surface area contributed by atoms with Crippen molar-refractivity contribution in [2.45, 2.75) is 13.5 Å². The molecule has 0 aliphatic heterocycles. The molecule has 1 N–H and O–H groups in total. The average Bonchev–Trinajstić information content (AvgIpc) is 3.34. The summed E-state index contributed by atoms with van der Waals surface area (Å²) < 4.78 is 20.2. The number of aromatic nitrogens is 3. The van der Waals surface area contributed by atoms with Gasteiger partial charge in [0, 0.05) is 11.8 Å². The maximum absolute atomic E-state index is 13.2. The second-order valence-electron chi connectivity index (χ2n) is 6.48. The van der Waals surface area contributed by atoms with Crippen LogP contribution in [0.1, 0.15) is 5.56 Å². The van der Waals surface area contributed by atoms with Gasteiger partial charge in [0.2, 0.25) is 11.7 Å². The number of halogens is 2. The lowest BCUT2D eigenvalue weighted by atomic mass is 10.1. The maximum Gasteiger partial charge on any atom is 0.274 e. The van der Waals surface area contributed by atoms with Crippen LogP contribution in [0.25, 0.3) is 23.0 Å². The van der Waals surface area contributed by atoms with Crippen LogP contribution in [-0.4, -0.2) is 20.6 Å². The Hall–Kier alpha value is -3.45. The van der Waals surface area contributed by atoms with Gasteiger partial charge in [-0.2, -0.15) is 4.98 Å². The van der Waals surface area contributed by atoms with Gasteiger partial charge >= 0.3 is 0 Å². The van der Waals surface area contributed by atoms with Gasteiger partial charge < -0.3 is 14.4 Å². The van der Waals surface area contributed by atoms with E-state index in [1.54, 1.807) is 22.9 Å². The number of benzene rings is 2. The van der Waals surface area contributed by atoms with Gasteiger partial charge in [0.1, 0.15) is 18.1 Å². The van der Waals surface area contributed by atoms with Gasteiger partial charge in [-0.25, -0.2) is 4.39 Å². The van der Waals surface area contributed by atoms with E-state index in [9.17, 15) is 9.18 Å². The van der Waals surface area contributed by atoms with Crippen LogP contribution in [-0.2, 0) is 11.3 Å². The summed E-state index contributed by atoms with van der Waals surface area (Å²) in [6, 6.07) is 15.1. The summed E-state index contributed by atoms with van der Waals surface area (Å²) in [5.74, 6) is -0.0239. The van der Waals surface area contributed by atoms with Crippen LogP contribution in [0.2, 0.25) is 5.02 Å². The van der Waals surface area contributed by atoms with Crippen LogP contribution in [0.15, 0.2) is 65.3 Å². The van der Waals surface area contributed by atoms with Gasteiger partial charge in [0.25, 0.3) is 5.89 Å². The second-order valence-corrected chi connectivity index (χ2v) is 6.89. The summed E-state index contributed by atoms with van der Waals surface area (Å²) in [5, 5.41) is 6.82. The van der Waals surface area contributed by atoms with Crippen LogP contribution in [0, 0.1) is 12.7 Å². The third kappa shape index (κ3) is 4.20. The van der Waals surface area contributed by atoms with Crippen LogP contribution in [0.4, 0.5) is 10.1 Å². The number of aryl methyl sites for hydroxylation is 1. The van der Waals surface area contributed by atoms with Gasteiger partial charge in [0.15, 0.2) is 0 Å². The normalized spacial score (nSPS) is 10.9. The van der Waals surface area contributed by atoms with E-state index in [0.717, 1.165) is 17.2 Å². The first-order valence-corrected chi connectivity index (χ1v) is 9.18. The van der Waals surface area contributed by atoms with E-state index in [1.165, 1.54) is 12.1 Å². The highest BCUT2D eigenvalue weighted by Crippen LogP contribution is 2.24. The Morgan fingerprint density at radius 1 is 1.21 bits per heavy atom. The SMILES string of the molecule is Cc1ccc(-c2noc(-c3cccn3CC(=O)Nc3ccc(F)cc3Cl)n2)cc1. The number of anilines is 1. The lowest BCUT2D eigenvalue weighted by molar-refractivity contribution is -0.116. The van der Waals surface area contributed by atoms with Crippen LogP contribution in [0.3, 0.4) is 0 Å². The molecule has 0 atom stereocenters. The first kappa shape index (κ1) is 18.9. The quantitative estimate of drug-likeness (QED) is 0.505. The van der Waals surface area contributed by atoms with E-state index in [2.05, 4.69) is 15.5 Å². The average molecular weight is 411 g/mol. The summed E-state index contributed by atoms with van der Waals surface area (Å²) >= 11 is 5.96. The molecular formula is C21H16ClFN4O2. The van der Waals surface area contributed by atoms with Crippen molar-refractivity contribution >= 4 is 23.2 Å². The molecule has 29 heavy (non-hydrogen) atoms. The van der Waals surface area contributed by atoms with Crippen molar-refractivity contribution in [2.24, 2.45) is 0 Å². The first-order valence-electron chi connectivity index (χ1n) is 8.81. The number of rotatable bonds is 5. The number of nitrogens with zero attached hydrogens (tertiary/aromatic N) is 3. The van der Waals surface area contributed by atoms with Crippen molar-refractivity contribution in [1.82, 2.24) is 14.7 Å². The monoisotopic (exact) mass is 410 g/mol. The summed E-state index contributed by atoms with van der Waals surface area (Å²) in [6.45, 7) is 2.00. The molecule has 0 radical (unpaired) electrons. The number of carbonyl (C=O) groups is 1. The molecule has 4 aromatic rings. The lowest BCUT2D eigenvalue weighted by Crippen LogP contribution is -2.19. The third-order valence-electron chi connectivity index (χ3n) is 4.30. The van der Waals surface area contributed by atoms with Crippen molar-refractivity contribution in [3.05, 3.63) is 77.2 Å². The fourth-order valence-electron chi connectivity index (χ4n) is 2.83. The van der Waals surface area contributed by atoms with E-state index in [0.29, 0.717) is 23.1 Å². The zero-order chi connectivity index (χ0) is 20.4. The number of carbonyl (C=O) groups excluding carboxylic acids is 1. The molecule has 1 amide bonds. The molecule has 0 saturated carbocycles. The van der Waals surface area contributed by atoms with Gasteiger partial charge in [0.05, 0.1) is 10.7 Å². The molecule has 0 fully saturated rings. The standard InChI is InChI=1S/C21H16ClFN4O2/c1-13-4-6-14(7-5-13)20-25-21(29-26-20)18-3-2-10-27(18)12-19(28)24-17-9-8-15(23)11-16(17)22/h2-11H,12H2,1H3,(H,24,28). The predicted molar refractivity (Wildman–Crippen MR) is 108 cm³/mol. The number of hydrogen-bond donors (Lipinski definition) is 1. The summed E-state index contributed by atoms with van der Waals surface area (Å²) in [6.07, 6.45) is 1.73. The fourth-order valence-corrected chi connectivity index (χ4v) is 3.04. The molecule has 2 aromatic heterocycles. The van der Waals surface area contributed by atoms with Crippen molar-refractivity contribution in [3.8, 4) is 23.0 Å². The molecule has 0 bridgehead atoms. The number of hydrogen-bond acceptors (Lipinski definition) is 4. The Morgan fingerprint density at radius 2 is 2.00 bits per heavy atom. The zero-order valence-electron chi connectivity index (χ0n) is 15.4. The summed E-state index contributed by atoms with van der Waals surface area (Å²) in [7, 11) is 0. The summed E-state index contributed by atoms with van der Waals surface area (Å²) in [4.78, 5) is 16.8. The molecular weight excluding hydrogens is 395 g/mol. The minimum atomic E-state index is -0.471. The largest absolute Gasteiger partial charge is 0.334 e. The molecule has 0 saturated heterocycles. The minimum absolute atomic E-state index is 0.00170. The molecule has 0 unspecified atom stereocenters. The number of amides is 1. The number of nitrogens with one attached hydrogen (secondary N) is 1. The Bertz CT molecular complexity index is 1170. The topological polar surface area (TPSA) is 73.0 Å².